The van der Waals surface area contributed by atoms with Gasteiger partial charge in [-0.15, -0.1) is 0 Å². The van der Waals surface area contributed by atoms with Crippen molar-refractivity contribution in [2.24, 2.45) is 5.73 Å². The molecule has 0 saturated heterocycles. The van der Waals surface area contributed by atoms with Gasteiger partial charge in [-0.1, -0.05) is 29.8 Å². The molecular formula is C10H14ClNO3S. The van der Waals surface area contributed by atoms with Gasteiger partial charge in [-0.3, -0.25) is 0 Å². The zero-order chi connectivity index (χ0) is 12.2. The van der Waals surface area contributed by atoms with Crippen molar-refractivity contribution in [3.63, 3.8) is 0 Å². The van der Waals surface area contributed by atoms with Crippen molar-refractivity contribution in [3.05, 3.63) is 34.9 Å². The lowest BCUT2D eigenvalue weighted by Gasteiger charge is -2.09. The maximum absolute atomic E-state index is 11.6. The molecule has 0 aliphatic carbocycles. The third kappa shape index (κ3) is 4.09. The Morgan fingerprint density at radius 2 is 2.00 bits per heavy atom. The van der Waals surface area contributed by atoms with Crippen LogP contribution in [0, 0.1) is 0 Å². The quantitative estimate of drug-likeness (QED) is 0.814. The Balaban J connectivity index is 2.77. The summed E-state index contributed by atoms with van der Waals surface area (Å²) in [5, 5.41) is 9.61. The van der Waals surface area contributed by atoms with Gasteiger partial charge in [-0.05, 0) is 11.6 Å². The monoisotopic (exact) mass is 263 g/mol. The van der Waals surface area contributed by atoms with Gasteiger partial charge in [-0.25, -0.2) is 8.42 Å². The average Bonchev–Trinajstić information content (AvgIpc) is 2.20. The predicted molar refractivity (Wildman–Crippen MR) is 64.0 cm³/mol. The summed E-state index contributed by atoms with van der Waals surface area (Å²) in [7, 11) is -3.38. The van der Waals surface area contributed by atoms with Crippen molar-refractivity contribution in [3.8, 4) is 0 Å². The zero-order valence-electron chi connectivity index (χ0n) is 8.64. The van der Waals surface area contributed by atoms with Gasteiger partial charge >= 0.3 is 0 Å². The lowest BCUT2D eigenvalue weighted by molar-refractivity contribution is 0.205. The molecule has 0 aliphatic rings. The lowest BCUT2D eigenvalue weighted by atomic mass is 10.2. The molecule has 0 spiro atoms. The second-order valence-electron chi connectivity index (χ2n) is 3.54. The SMILES string of the molecule is NCC(O)CS(=O)(=O)Cc1ccccc1Cl. The summed E-state index contributed by atoms with van der Waals surface area (Å²) in [5.74, 6) is -0.515. The first-order chi connectivity index (χ1) is 7.44. The van der Waals surface area contributed by atoms with Crippen molar-refractivity contribution in [1.82, 2.24) is 0 Å². The van der Waals surface area contributed by atoms with E-state index < -0.39 is 15.9 Å². The smallest absolute Gasteiger partial charge is 0.157 e. The molecule has 3 N–H and O–H groups in total. The van der Waals surface area contributed by atoms with Crippen LogP contribution in [-0.4, -0.2) is 31.9 Å². The maximum atomic E-state index is 11.6. The minimum Gasteiger partial charge on any atom is -0.391 e. The van der Waals surface area contributed by atoms with Gasteiger partial charge in [0.15, 0.2) is 9.84 Å². The van der Waals surface area contributed by atoms with E-state index in [4.69, 9.17) is 17.3 Å². The highest BCUT2D eigenvalue weighted by molar-refractivity contribution is 7.90. The highest BCUT2D eigenvalue weighted by Crippen LogP contribution is 2.18. The number of benzene rings is 1. The summed E-state index contributed by atoms with van der Waals surface area (Å²) < 4.78 is 23.3. The van der Waals surface area contributed by atoms with Crippen molar-refractivity contribution < 1.29 is 13.5 Å². The van der Waals surface area contributed by atoms with Crippen molar-refractivity contribution >= 4 is 21.4 Å². The van der Waals surface area contributed by atoms with Crippen molar-refractivity contribution in [1.29, 1.82) is 0 Å². The largest absolute Gasteiger partial charge is 0.391 e. The van der Waals surface area contributed by atoms with E-state index in [0.29, 0.717) is 10.6 Å². The van der Waals surface area contributed by atoms with E-state index in [1.807, 2.05) is 0 Å². The molecule has 1 aromatic rings. The van der Waals surface area contributed by atoms with E-state index in [1.165, 1.54) is 0 Å². The van der Waals surface area contributed by atoms with Crippen LogP contribution in [0.1, 0.15) is 5.56 Å². The van der Waals surface area contributed by atoms with Gasteiger partial charge < -0.3 is 10.8 Å². The van der Waals surface area contributed by atoms with Crippen LogP contribution in [0.2, 0.25) is 5.02 Å². The van der Waals surface area contributed by atoms with Gasteiger partial charge in [0, 0.05) is 11.6 Å². The third-order valence-corrected chi connectivity index (χ3v) is 4.06. The summed E-state index contributed by atoms with van der Waals surface area (Å²) in [6, 6.07) is 6.73. The van der Waals surface area contributed by atoms with Crippen LogP contribution in [0.3, 0.4) is 0 Å². The summed E-state index contributed by atoms with van der Waals surface area (Å²) in [5.41, 5.74) is 5.70. The first kappa shape index (κ1) is 13.4. The number of nitrogens with two attached hydrogens (primary N) is 1. The second-order valence-corrected chi connectivity index (χ2v) is 6.05. The van der Waals surface area contributed by atoms with Crippen molar-refractivity contribution in [2.45, 2.75) is 11.9 Å². The fourth-order valence-electron chi connectivity index (χ4n) is 1.27. The van der Waals surface area contributed by atoms with Gasteiger partial charge in [0.1, 0.15) is 0 Å². The fraction of sp³-hybridized carbons (Fsp3) is 0.400. The normalized spacial score (nSPS) is 13.7. The number of hydrogen-bond donors (Lipinski definition) is 2. The molecule has 0 aromatic heterocycles. The molecule has 0 aliphatic heterocycles. The number of aliphatic hydroxyl groups excluding tert-OH is 1. The molecule has 0 saturated carbocycles. The summed E-state index contributed by atoms with van der Waals surface area (Å²) in [6.45, 7) is -0.0677. The first-order valence-electron chi connectivity index (χ1n) is 4.76. The first-order valence-corrected chi connectivity index (χ1v) is 6.96. The van der Waals surface area contributed by atoms with E-state index in [-0.39, 0.29) is 18.1 Å². The topological polar surface area (TPSA) is 80.4 Å². The van der Waals surface area contributed by atoms with E-state index in [0.717, 1.165) is 0 Å². The molecule has 1 aromatic carbocycles. The molecule has 0 heterocycles. The van der Waals surface area contributed by atoms with E-state index in [9.17, 15) is 13.5 Å². The Labute approximate surface area is 100.0 Å². The number of hydrogen-bond acceptors (Lipinski definition) is 4. The minimum absolute atomic E-state index is 0.0677. The molecule has 1 unspecified atom stereocenters. The molecule has 6 heteroatoms. The van der Waals surface area contributed by atoms with Gasteiger partial charge in [0.05, 0.1) is 17.6 Å². The van der Waals surface area contributed by atoms with Crippen LogP contribution in [-0.2, 0) is 15.6 Å². The van der Waals surface area contributed by atoms with Crippen LogP contribution in [0.5, 0.6) is 0 Å². The van der Waals surface area contributed by atoms with Crippen LogP contribution < -0.4 is 5.73 Å². The van der Waals surface area contributed by atoms with Gasteiger partial charge in [0.25, 0.3) is 0 Å². The van der Waals surface area contributed by atoms with Gasteiger partial charge in [-0.2, -0.15) is 0 Å². The highest BCUT2D eigenvalue weighted by Gasteiger charge is 2.18. The number of rotatable bonds is 5. The Kier molecular flexibility index (Phi) is 4.73. The maximum Gasteiger partial charge on any atom is 0.157 e. The Hall–Kier alpha value is -0.620. The molecule has 1 atom stereocenters. The molecular weight excluding hydrogens is 250 g/mol. The zero-order valence-corrected chi connectivity index (χ0v) is 10.2. The molecule has 90 valence electrons. The van der Waals surface area contributed by atoms with Crippen LogP contribution in [0.15, 0.2) is 24.3 Å². The number of sulfone groups is 1. The minimum atomic E-state index is -3.38. The van der Waals surface area contributed by atoms with Crippen LogP contribution >= 0.6 is 11.6 Å². The van der Waals surface area contributed by atoms with Crippen LogP contribution in [0.25, 0.3) is 0 Å². The Bertz CT molecular complexity index is 447. The molecule has 1 rings (SSSR count). The average molecular weight is 264 g/mol. The van der Waals surface area contributed by atoms with E-state index in [1.54, 1.807) is 24.3 Å². The Morgan fingerprint density at radius 3 is 2.56 bits per heavy atom. The molecule has 16 heavy (non-hydrogen) atoms. The standard InChI is InChI=1S/C10H14ClNO3S/c11-10-4-2-1-3-8(10)6-16(14,15)7-9(13)5-12/h1-4,9,13H,5-7,12H2. The molecule has 4 nitrogen and oxygen atoms in total. The number of aliphatic hydroxyl groups is 1. The lowest BCUT2D eigenvalue weighted by Crippen LogP contribution is -2.29. The highest BCUT2D eigenvalue weighted by atomic mass is 35.5. The predicted octanol–water partition coefficient (Wildman–Crippen LogP) is 0.574. The number of halogens is 1. The molecule has 0 amide bonds. The van der Waals surface area contributed by atoms with E-state index >= 15 is 0 Å². The second kappa shape index (κ2) is 5.63. The summed E-state index contributed by atoms with van der Waals surface area (Å²) in [6.07, 6.45) is -1.02. The molecule has 0 radical (unpaired) electrons. The fourth-order valence-corrected chi connectivity index (χ4v) is 3.12. The van der Waals surface area contributed by atoms with Gasteiger partial charge in [0.2, 0.25) is 0 Å². The Morgan fingerprint density at radius 1 is 1.38 bits per heavy atom. The molecule has 0 fully saturated rings. The third-order valence-electron chi connectivity index (χ3n) is 2.05. The molecule has 0 bridgehead atoms. The summed E-state index contributed by atoms with van der Waals surface area (Å²) >= 11 is 5.85. The summed E-state index contributed by atoms with van der Waals surface area (Å²) in [4.78, 5) is 0. The van der Waals surface area contributed by atoms with E-state index in [2.05, 4.69) is 0 Å². The van der Waals surface area contributed by atoms with Crippen LogP contribution in [0.4, 0.5) is 0 Å². The van der Waals surface area contributed by atoms with Crippen molar-refractivity contribution in [2.75, 3.05) is 12.3 Å².